The molecule has 1 aromatic rings. The van der Waals surface area contributed by atoms with E-state index in [0.29, 0.717) is 5.56 Å². The summed E-state index contributed by atoms with van der Waals surface area (Å²) in [6, 6.07) is 6.42. The summed E-state index contributed by atoms with van der Waals surface area (Å²) in [5.41, 5.74) is 0.521. The first kappa shape index (κ1) is 15.8. The number of carbonyl (C=O) groups excluding carboxylic acids is 1. The van der Waals surface area contributed by atoms with E-state index >= 15 is 0 Å². The van der Waals surface area contributed by atoms with Gasteiger partial charge in [-0.05, 0) is 19.0 Å². The Labute approximate surface area is 125 Å². The summed E-state index contributed by atoms with van der Waals surface area (Å²) in [6.45, 7) is 6.87. The largest absolute Gasteiger partial charge is 0.334 e. The first-order chi connectivity index (χ1) is 10.2. The lowest BCUT2D eigenvalue weighted by molar-refractivity contribution is 0.138. The van der Waals surface area contributed by atoms with Crippen LogP contribution in [-0.4, -0.2) is 48.6 Å². The molecule has 2 amide bonds. The average Bonchev–Trinajstić information content (AvgIpc) is 2.52. The fourth-order valence-electron chi connectivity index (χ4n) is 2.48. The Morgan fingerprint density at radius 1 is 1.24 bits per heavy atom. The highest BCUT2D eigenvalue weighted by Crippen LogP contribution is 2.07. The normalized spacial score (nSPS) is 16.0. The van der Waals surface area contributed by atoms with Crippen molar-refractivity contribution in [3.8, 4) is 0 Å². The van der Waals surface area contributed by atoms with Gasteiger partial charge in [0.1, 0.15) is 5.82 Å². The zero-order chi connectivity index (χ0) is 15.1. The second-order valence-corrected chi connectivity index (χ2v) is 5.43. The molecule has 116 valence electrons. The van der Waals surface area contributed by atoms with Crippen LogP contribution in [0.4, 0.5) is 9.18 Å². The minimum absolute atomic E-state index is 0.103. The molecule has 4 nitrogen and oxygen atoms in total. The van der Waals surface area contributed by atoms with E-state index in [0.717, 1.165) is 32.7 Å². The van der Waals surface area contributed by atoms with E-state index in [2.05, 4.69) is 17.1 Å². The number of benzene rings is 1. The lowest BCUT2D eigenvalue weighted by Gasteiger charge is -2.34. The number of nitrogens with one attached hydrogen (secondary N) is 1. The molecule has 1 fully saturated rings. The number of carbonyl (C=O) groups is 1. The fourth-order valence-corrected chi connectivity index (χ4v) is 2.48. The van der Waals surface area contributed by atoms with Crippen molar-refractivity contribution in [3.05, 3.63) is 35.6 Å². The van der Waals surface area contributed by atoms with Crippen molar-refractivity contribution in [2.45, 2.75) is 26.3 Å². The molecule has 0 aromatic heterocycles. The second kappa shape index (κ2) is 7.98. The molecule has 21 heavy (non-hydrogen) atoms. The Morgan fingerprint density at radius 2 is 1.95 bits per heavy atom. The highest BCUT2D eigenvalue weighted by atomic mass is 19.1. The summed E-state index contributed by atoms with van der Waals surface area (Å²) in [6.07, 6.45) is 2.41. The smallest absolute Gasteiger partial charge is 0.317 e. The van der Waals surface area contributed by atoms with Crippen molar-refractivity contribution < 1.29 is 9.18 Å². The number of hydrogen-bond acceptors (Lipinski definition) is 2. The summed E-state index contributed by atoms with van der Waals surface area (Å²) in [5.74, 6) is -0.276. The first-order valence-electron chi connectivity index (χ1n) is 7.69. The second-order valence-electron chi connectivity index (χ2n) is 5.43. The van der Waals surface area contributed by atoms with Crippen LogP contribution >= 0.6 is 0 Å². The topological polar surface area (TPSA) is 35.6 Å². The molecule has 1 aliphatic heterocycles. The fraction of sp³-hybridized carbons (Fsp3) is 0.562. The van der Waals surface area contributed by atoms with Gasteiger partial charge in [-0.3, -0.25) is 4.90 Å². The van der Waals surface area contributed by atoms with Gasteiger partial charge in [0.15, 0.2) is 0 Å². The Kier molecular flexibility index (Phi) is 5.99. The Hall–Kier alpha value is -1.62. The molecule has 5 heteroatoms. The average molecular weight is 293 g/mol. The van der Waals surface area contributed by atoms with Crippen LogP contribution < -0.4 is 5.32 Å². The predicted molar refractivity (Wildman–Crippen MR) is 81.6 cm³/mol. The lowest BCUT2D eigenvalue weighted by atomic mass is 10.2. The highest BCUT2D eigenvalue weighted by molar-refractivity contribution is 5.74. The van der Waals surface area contributed by atoms with Gasteiger partial charge in [-0.1, -0.05) is 31.5 Å². The minimum Gasteiger partial charge on any atom is -0.334 e. The monoisotopic (exact) mass is 293 g/mol. The van der Waals surface area contributed by atoms with Gasteiger partial charge >= 0.3 is 6.03 Å². The van der Waals surface area contributed by atoms with E-state index < -0.39 is 0 Å². The molecule has 1 aliphatic rings. The predicted octanol–water partition coefficient (Wildman–Crippen LogP) is 2.45. The Bertz CT molecular complexity index is 459. The first-order valence-corrected chi connectivity index (χ1v) is 7.69. The molecule has 1 heterocycles. The van der Waals surface area contributed by atoms with Gasteiger partial charge in [0, 0.05) is 38.3 Å². The number of unbranched alkanes of at least 4 members (excludes halogenated alkanes) is 1. The number of halogens is 1. The molecular formula is C16H24FN3O. The molecule has 0 saturated carbocycles. The SMILES string of the molecule is CCCCN1CCN(C(=O)NCc2ccccc2F)CC1. The van der Waals surface area contributed by atoms with Gasteiger partial charge in [-0.15, -0.1) is 0 Å². The lowest BCUT2D eigenvalue weighted by Crippen LogP contribution is -2.51. The van der Waals surface area contributed by atoms with E-state index in [1.807, 2.05) is 4.90 Å². The molecular weight excluding hydrogens is 269 g/mol. The van der Waals surface area contributed by atoms with E-state index in [4.69, 9.17) is 0 Å². The zero-order valence-corrected chi connectivity index (χ0v) is 12.6. The summed E-state index contributed by atoms with van der Waals surface area (Å²) >= 11 is 0. The molecule has 0 unspecified atom stereocenters. The summed E-state index contributed by atoms with van der Waals surface area (Å²) in [5, 5.41) is 2.80. The Balaban J connectivity index is 1.74. The van der Waals surface area contributed by atoms with Crippen molar-refractivity contribution >= 4 is 6.03 Å². The number of piperazine rings is 1. The van der Waals surface area contributed by atoms with E-state index in [-0.39, 0.29) is 18.4 Å². The number of urea groups is 1. The van der Waals surface area contributed by atoms with E-state index in [1.54, 1.807) is 18.2 Å². The third kappa shape index (κ3) is 4.70. The third-order valence-corrected chi connectivity index (χ3v) is 3.88. The zero-order valence-electron chi connectivity index (χ0n) is 12.6. The van der Waals surface area contributed by atoms with Crippen LogP contribution in [0.25, 0.3) is 0 Å². The van der Waals surface area contributed by atoms with Crippen LogP contribution in [0.2, 0.25) is 0 Å². The number of nitrogens with zero attached hydrogens (tertiary/aromatic N) is 2. The quantitative estimate of drug-likeness (QED) is 0.905. The van der Waals surface area contributed by atoms with Crippen LogP contribution in [0, 0.1) is 5.82 Å². The van der Waals surface area contributed by atoms with Gasteiger partial charge in [-0.2, -0.15) is 0 Å². The maximum Gasteiger partial charge on any atom is 0.317 e. The summed E-state index contributed by atoms with van der Waals surface area (Å²) < 4.78 is 13.5. The van der Waals surface area contributed by atoms with E-state index in [1.165, 1.54) is 18.9 Å². The van der Waals surface area contributed by atoms with Crippen LogP contribution in [0.5, 0.6) is 0 Å². The van der Waals surface area contributed by atoms with Crippen LogP contribution in [0.3, 0.4) is 0 Å². The van der Waals surface area contributed by atoms with Gasteiger partial charge < -0.3 is 10.2 Å². The third-order valence-electron chi connectivity index (χ3n) is 3.88. The van der Waals surface area contributed by atoms with Crippen LogP contribution in [0.15, 0.2) is 24.3 Å². The molecule has 0 radical (unpaired) electrons. The molecule has 1 aromatic carbocycles. The van der Waals surface area contributed by atoms with E-state index in [9.17, 15) is 9.18 Å². The van der Waals surface area contributed by atoms with Crippen molar-refractivity contribution in [3.63, 3.8) is 0 Å². The van der Waals surface area contributed by atoms with Crippen molar-refractivity contribution in [2.75, 3.05) is 32.7 Å². The van der Waals surface area contributed by atoms with Gasteiger partial charge in [-0.25, -0.2) is 9.18 Å². The number of rotatable bonds is 5. The molecule has 1 saturated heterocycles. The molecule has 0 bridgehead atoms. The highest BCUT2D eigenvalue weighted by Gasteiger charge is 2.20. The van der Waals surface area contributed by atoms with Crippen molar-refractivity contribution in [1.29, 1.82) is 0 Å². The van der Waals surface area contributed by atoms with Crippen molar-refractivity contribution in [1.82, 2.24) is 15.1 Å². The summed E-state index contributed by atoms with van der Waals surface area (Å²) in [4.78, 5) is 16.3. The summed E-state index contributed by atoms with van der Waals surface area (Å²) in [7, 11) is 0. The maximum atomic E-state index is 13.5. The van der Waals surface area contributed by atoms with Gasteiger partial charge in [0.25, 0.3) is 0 Å². The van der Waals surface area contributed by atoms with Crippen LogP contribution in [0.1, 0.15) is 25.3 Å². The molecule has 0 spiro atoms. The number of amides is 2. The van der Waals surface area contributed by atoms with Crippen LogP contribution in [-0.2, 0) is 6.54 Å². The van der Waals surface area contributed by atoms with Crippen molar-refractivity contribution in [2.24, 2.45) is 0 Å². The molecule has 2 rings (SSSR count). The molecule has 1 N–H and O–H groups in total. The number of hydrogen-bond donors (Lipinski definition) is 1. The van der Waals surface area contributed by atoms with Gasteiger partial charge in [0.05, 0.1) is 0 Å². The van der Waals surface area contributed by atoms with Gasteiger partial charge in [0.2, 0.25) is 0 Å². The maximum absolute atomic E-state index is 13.5. The minimum atomic E-state index is -0.276. The molecule has 0 atom stereocenters. The standard InChI is InChI=1S/C16H24FN3O/c1-2-3-8-19-9-11-20(12-10-19)16(21)18-13-14-6-4-5-7-15(14)17/h4-7H,2-3,8-13H2,1H3,(H,18,21). The molecule has 0 aliphatic carbocycles. The Morgan fingerprint density at radius 3 is 2.62 bits per heavy atom.